The van der Waals surface area contributed by atoms with Gasteiger partial charge in [-0.2, -0.15) is 0 Å². The van der Waals surface area contributed by atoms with Crippen molar-refractivity contribution in [2.45, 2.75) is 25.2 Å². The number of nitrogens with one attached hydrogen (secondary N) is 1. The van der Waals surface area contributed by atoms with E-state index in [2.05, 4.69) is 5.32 Å². The molecule has 0 saturated carbocycles. The molecule has 0 radical (unpaired) electrons. The summed E-state index contributed by atoms with van der Waals surface area (Å²) in [6.07, 6.45) is 0.885. The molecular weight excluding hydrogens is 528 g/mol. The first-order valence-corrected chi connectivity index (χ1v) is 14.2. The Morgan fingerprint density at radius 3 is 1.74 bits per heavy atom. The first-order chi connectivity index (χ1) is 20.5. The smallest absolute Gasteiger partial charge is 0.340 e. The lowest BCUT2D eigenvalue weighted by Crippen LogP contribution is -2.41. The topological polar surface area (TPSA) is 92.8 Å². The molecule has 1 heterocycles. The van der Waals surface area contributed by atoms with Crippen LogP contribution >= 0.6 is 0 Å². The molecule has 4 aliphatic rings. The molecule has 7 nitrogen and oxygen atoms in total. The summed E-state index contributed by atoms with van der Waals surface area (Å²) in [7, 11) is 0. The van der Waals surface area contributed by atoms with Gasteiger partial charge in [0.2, 0.25) is 11.8 Å². The molecule has 4 aromatic carbocycles. The van der Waals surface area contributed by atoms with Gasteiger partial charge in [-0.1, -0.05) is 79.7 Å². The van der Waals surface area contributed by atoms with E-state index >= 15 is 0 Å². The average Bonchev–Trinajstić information content (AvgIpc) is 3.30. The number of anilines is 2. The van der Waals surface area contributed by atoms with Crippen molar-refractivity contribution in [3.05, 3.63) is 130 Å². The predicted octanol–water partition coefficient (Wildman–Crippen LogP) is 5.44. The minimum Gasteiger partial charge on any atom is -0.452 e. The van der Waals surface area contributed by atoms with Gasteiger partial charge in [0.25, 0.3) is 5.91 Å². The molecule has 42 heavy (non-hydrogen) atoms. The van der Waals surface area contributed by atoms with Crippen molar-refractivity contribution in [2.24, 2.45) is 11.8 Å². The molecule has 2 bridgehead atoms. The Morgan fingerprint density at radius 2 is 1.21 bits per heavy atom. The molecule has 0 spiro atoms. The standard InChI is InChI=1S/C35H28N2O5/c1-2-20-15-17-21(18-16-20)36-28(38)19-42-35(41)26-13-7-8-14-27(26)37-33(39)31-29-22-9-3-4-10-23(22)30(32(31)34(37)40)25-12-6-5-11-24(25)29/h3-18,29-32H,2,19H2,1H3,(H,36,38)/t29?,30?,31-,32-/m1/s1. The van der Waals surface area contributed by atoms with E-state index in [4.69, 9.17) is 4.74 Å². The minimum atomic E-state index is -0.785. The summed E-state index contributed by atoms with van der Waals surface area (Å²) >= 11 is 0. The van der Waals surface area contributed by atoms with Crippen LogP contribution in [0.5, 0.6) is 0 Å². The summed E-state index contributed by atoms with van der Waals surface area (Å²) in [5.41, 5.74) is 6.28. The van der Waals surface area contributed by atoms with Crippen LogP contribution in [-0.4, -0.2) is 30.3 Å². The average molecular weight is 557 g/mol. The molecule has 208 valence electrons. The van der Waals surface area contributed by atoms with E-state index in [9.17, 15) is 19.2 Å². The zero-order chi connectivity index (χ0) is 29.0. The Hall–Kier alpha value is -5.04. The number of carbonyl (C=O) groups is 4. The van der Waals surface area contributed by atoms with Crippen LogP contribution in [0.2, 0.25) is 0 Å². The van der Waals surface area contributed by atoms with E-state index in [1.54, 1.807) is 30.3 Å². The second-order valence-corrected chi connectivity index (χ2v) is 11.0. The molecule has 3 amide bonds. The number of carbonyl (C=O) groups excluding carboxylic acids is 4. The van der Waals surface area contributed by atoms with Gasteiger partial charge in [0.1, 0.15) is 0 Å². The van der Waals surface area contributed by atoms with E-state index < -0.39 is 30.3 Å². The third-order valence-corrected chi connectivity index (χ3v) is 8.79. The molecule has 2 atom stereocenters. The van der Waals surface area contributed by atoms with Crippen molar-refractivity contribution in [3.8, 4) is 0 Å². The molecule has 4 aromatic rings. The lowest BCUT2D eigenvalue weighted by molar-refractivity contribution is -0.122. The van der Waals surface area contributed by atoms with Crippen molar-refractivity contribution < 1.29 is 23.9 Å². The maximum Gasteiger partial charge on any atom is 0.340 e. The predicted molar refractivity (Wildman–Crippen MR) is 157 cm³/mol. The summed E-state index contributed by atoms with van der Waals surface area (Å²) in [6, 6.07) is 29.9. The van der Waals surface area contributed by atoms with E-state index in [1.807, 2.05) is 67.6 Å². The number of imide groups is 1. The van der Waals surface area contributed by atoms with Gasteiger partial charge in [-0.25, -0.2) is 9.69 Å². The molecular formula is C35H28N2O5. The van der Waals surface area contributed by atoms with Crippen LogP contribution in [0.15, 0.2) is 97.1 Å². The second kappa shape index (κ2) is 10.1. The number of hydrogen-bond acceptors (Lipinski definition) is 5. The minimum absolute atomic E-state index is 0.0559. The Labute approximate surface area is 243 Å². The largest absolute Gasteiger partial charge is 0.452 e. The zero-order valence-electron chi connectivity index (χ0n) is 22.9. The number of nitrogens with zero attached hydrogens (tertiary/aromatic N) is 1. The van der Waals surface area contributed by atoms with Crippen LogP contribution in [0.1, 0.15) is 56.9 Å². The van der Waals surface area contributed by atoms with Crippen molar-refractivity contribution in [1.82, 2.24) is 0 Å². The van der Waals surface area contributed by atoms with Gasteiger partial charge in [-0.3, -0.25) is 14.4 Å². The lowest BCUT2D eigenvalue weighted by atomic mass is 9.55. The maximum atomic E-state index is 14.1. The number of esters is 1. The monoisotopic (exact) mass is 556 g/mol. The van der Waals surface area contributed by atoms with Crippen LogP contribution in [0, 0.1) is 11.8 Å². The molecule has 3 aliphatic carbocycles. The maximum absolute atomic E-state index is 14.1. The molecule has 0 aromatic heterocycles. The number of amides is 3. The van der Waals surface area contributed by atoms with Crippen LogP contribution in [0.4, 0.5) is 11.4 Å². The summed E-state index contributed by atoms with van der Waals surface area (Å²) in [4.78, 5) is 55.2. The Balaban J connectivity index is 1.16. The normalized spacial score (nSPS) is 21.4. The van der Waals surface area contributed by atoms with Crippen molar-refractivity contribution in [1.29, 1.82) is 0 Å². The van der Waals surface area contributed by atoms with Gasteiger partial charge in [0.15, 0.2) is 6.61 Å². The Morgan fingerprint density at radius 1 is 0.714 bits per heavy atom. The van der Waals surface area contributed by atoms with E-state index in [-0.39, 0.29) is 34.9 Å². The highest BCUT2D eigenvalue weighted by Gasteiger charge is 2.62. The fourth-order valence-corrected chi connectivity index (χ4v) is 6.99. The Bertz CT molecular complexity index is 1650. The number of para-hydroxylation sites is 1. The van der Waals surface area contributed by atoms with Crippen molar-refractivity contribution in [2.75, 3.05) is 16.8 Å². The summed E-state index contributed by atoms with van der Waals surface area (Å²) < 4.78 is 5.35. The molecule has 8 rings (SSSR count). The quantitative estimate of drug-likeness (QED) is 0.252. The van der Waals surface area contributed by atoms with Crippen molar-refractivity contribution in [3.63, 3.8) is 0 Å². The highest BCUT2D eigenvalue weighted by atomic mass is 16.5. The lowest BCUT2D eigenvalue weighted by Gasteiger charge is -2.45. The molecule has 1 aliphatic heterocycles. The number of hydrogen-bond donors (Lipinski definition) is 1. The van der Waals surface area contributed by atoms with E-state index in [0.717, 1.165) is 34.2 Å². The summed E-state index contributed by atoms with van der Waals surface area (Å²) in [6.45, 7) is 1.54. The van der Waals surface area contributed by atoms with Crippen LogP contribution in [-0.2, 0) is 25.5 Å². The van der Waals surface area contributed by atoms with Crippen LogP contribution in [0.3, 0.4) is 0 Å². The van der Waals surface area contributed by atoms with Gasteiger partial charge < -0.3 is 10.1 Å². The first kappa shape index (κ1) is 25.9. The molecule has 7 heteroatoms. The highest BCUT2D eigenvalue weighted by molar-refractivity contribution is 6.25. The molecule has 1 fully saturated rings. The molecule has 0 unspecified atom stereocenters. The number of aryl methyl sites for hydroxylation is 1. The highest BCUT2D eigenvalue weighted by Crippen LogP contribution is 2.61. The SMILES string of the molecule is CCc1ccc(NC(=O)COC(=O)c2ccccc2N2C(=O)[C@@H]3C4c5ccccc5C(c5ccccc54)[C@H]3C2=O)cc1. The number of rotatable bonds is 6. The summed E-state index contributed by atoms with van der Waals surface area (Å²) in [5.74, 6) is -3.55. The summed E-state index contributed by atoms with van der Waals surface area (Å²) in [5, 5.41) is 2.72. The van der Waals surface area contributed by atoms with Crippen LogP contribution < -0.4 is 10.2 Å². The molecule has 1 N–H and O–H groups in total. The number of ether oxygens (including phenoxy) is 1. The van der Waals surface area contributed by atoms with Gasteiger partial charge in [-0.15, -0.1) is 0 Å². The zero-order valence-corrected chi connectivity index (χ0v) is 22.9. The second-order valence-electron chi connectivity index (χ2n) is 11.0. The number of benzene rings is 4. The Kier molecular flexibility index (Phi) is 6.23. The first-order valence-electron chi connectivity index (χ1n) is 14.2. The van der Waals surface area contributed by atoms with Gasteiger partial charge in [-0.05, 0) is 58.5 Å². The van der Waals surface area contributed by atoms with Crippen molar-refractivity contribution >= 4 is 35.1 Å². The van der Waals surface area contributed by atoms with Crippen LogP contribution in [0.25, 0.3) is 0 Å². The van der Waals surface area contributed by atoms with E-state index in [1.165, 1.54) is 11.0 Å². The fourth-order valence-electron chi connectivity index (χ4n) is 6.99. The van der Waals surface area contributed by atoms with Gasteiger partial charge in [0.05, 0.1) is 23.1 Å². The molecule has 1 saturated heterocycles. The van der Waals surface area contributed by atoms with E-state index in [0.29, 0.717) is 5.69 Å². The van der Waals surface area contributed by atoms with Gasteiger partial charge in [0, 0.05) is 17.5 Å². The third kappa shape index (κ3) is 3.96. The van der Waals surface area contributed by atoms with Gasteiger partial charge >= 0.3 is 5.97 Å². The third-order valence-electron chi connectivity index (χ3n) is 8.79. The fraction of sp³-hybridized carbons (Fsp3) is 0.200.